The third-order valence-corrected chi connectivity index (χ3v) is 4.22. The van der Waals surface area contributed by atoms with Crippen molar-refractivity contribution in [2.75, 3.05) is 0 Å². The molecule has 0 fully saturated rings. The van der Waals surface area contributed by atoms with Gasteiger partial charge in [0, 0.05) is 17.8 Å². The lowest BCUT2D eigenvalue weighted by atomic mass is 10.0. The maximum atomic E-state index is 11.0. The highest BCUT2D eigenvalue weighted by atomic mass is 16.4. The fourth-order valence-corrected chi connectivity index (χ4v) is 2.99. The quantitative estimate of drug-likeness (QED) is 0.545. The number of aromatic nitrogens is 2. The Balaban J connectivity index is 1.81. The van der Waals surface area contributed by atoms with Gasteiger partial charge in [-0.15, -0.1) is 0 Å². The number of aliphatic carboxylic acids is 1. The molecule has 0 spiro atoms. The molecule has 0 aliphatic heterocycles. The van der Waals surface area contributed by atoms with E-state index in [2.05, 4.69) is 29.2 Å². The van der Waals surface area contributed by atoms with E-state index in [1.807, 2.05) is 59.1 Å². The number of carbonyl (C=O) groups is 1. The average Bonchev–Trinajstić information content (AvgIpc) is 3.06. The average molecular weight is 340 g/mol. The topological polar surface area (TPSA) is 54.6 Å². The summed E-state index contributed by atoms with van der Waals surface area (Å²) in [5.74, 6) is -0.985. The highest BCUT2D eigenvalue weighted by molar-refractivity contribution is 5.87. The fraction of sp³-hybridized carbons (Fsp3) is 0. The summed E-state index contributed by atoms with van der Waals surface area (Å²) in [4.78, 5) is 15.6. The SMILES string of the molecule is O=C(O)/C=C/c1c(-c2ccc(-c3ccccc3)cc2)nc2ccccn12. The van der Waals surface area contributed by atoms with Gasteiger partial charge < -0.3 is 5.11 Å². The molecule has 4 heteroatoms. The zero-order valence-electron chi connectivity index (χ0n) is 13.9. The van der Waals surface area contributed by atoms with Crippen molar-refractivity contribution in [2.24, 2.45) is 0 Å². The molecule has 0 amide bonds. The van der Waals surface area contributed by atoms with E-state index in [0.29, 0.717) is 0 Å². The molecule has 0 saturated carbocycles. The summed E-state index contributed by atoms with van der Waals surface area (Å²) in [6, 6.07) is 24.0. The minimum atomic E-state index is -0.985. The van der Waals surface area contributed by atoms with Crippen LogP contribution in [0.2, 0.25) is 0 Å². The molecule has 0 atom stereocenters. The van der Waals surface area contributed by atoms with Gasteiger partial charge in [-0.2, -0.15) is 0 Å². The third kappa shape index (κ3) is 3.00. The summed E-state index contributed by atoms with van der Waals surface area (Å²) in [6.07, 6.45) is 4.60. The molecule has 2 aromatic heterocycles. The molecular weight excluding hydrogens is 324 g/mol. The zero-order chi connectivity index (χ0) is 17.9. The second-order valence-corrected chi connectivity index (χ2v) is 5.89. The van der Waals surface area contributed by atoms with Crippen LogP contribution in [0.1, 0.15) is 5.69 Å². The van der Waals surface area contributed by atoms with Gasteiger partial charge in [-0.1, -0.05) is 60.7 Å². The molecule has 126 valence electrons. The van der Waals surface area contributed by atoms with Gasteiger partial charge in [0.1, 0.15) is 5.65 Å². The van der Waals surface area contributed by atoms with Crippen molar-refractivity contribution >= 4 is 17.7 Å². The van der Waals surface area contributed by atoms with Crippen LogP contribution < -0.4 is 0 Å². The Hall–Kier alpha value is -3.66. The molecule has 26 heavy (non-hydrogen) atoms. The Labute approximate surface area is 150 Å². The van der Waals surface area contributed by atoms with Crippen molar-refractivity contribution in [1.29, 1.82) is 0 Å². The summed E-state index contributed by atoms with van der Waals surface area (Å²) in [6.45, 7) is 0. The van der Waals surface area contributed by atoms with Gasteiger partial charge in [0.2, 0.25) is 0 Å². The third-order valence-electron chi connectivity index (χ3n) is 4.22. The van der Waals surface area contributed by atoms with Crippen LogP contribution >= 0.6 is 0 Å². The van der Waals surface area contributed by atoms with Crippen molar-refractivity contribution in [3.63, 3.8) is 0 Å². The number of rotatable bonds is 4. The van der Waals surface area contributed by atoms with E-state index in [1.165, 1.54) is 0 Å². The lowest BCUT2D eigenvalue weighted by Crippen LogP contribution is -1.90. The molecule has 2 heterocycles. The Morgan fingerprint density at radius 3 is 2.23 bits per heavy atom. The molecule has 4 nitrogen and oxygen atoms in total. The molecule has 0 aliphatic rings. The Morgan fingerprint density at radius 2 is 1.50 bits per heavy atom. The number of carboxylic acid groups (broad SMARTS) is 1. The second-order valence-electron chi connectivity index (χ2n) is 5.89. The maximum Gasteiger partial charge on any atom is 0.328 e. The van der Waals surface area contributed by atoms with Crippen LogP contribution in [-0.4, -0.2) is 20.5 Å². The van der Waals surface area contributed by atoms with Gasteiger partial charge in [-0.25, -0.2) is 9.78 Å². The van der Waals surface area contributed by atoms with Crippen molar-refractivity contribution in [3.05, 3.63) is 90.8 Å². The molecule has 4 aromatic rings. The summed E-state index contributed by atoms with van der Waals surface area (Å²) in [5, 5.41) is 8.99. The maximum absolute atomic E-state index is 11.0. The molecule has 0 aliphatic carbocycles. The molecule has 0 unspecified atom stereocenters. The standard InChI is InChI=1S/C22H16N2O2/c25-21(26)14-13-19-22(23-20-8-4-5-15-24(19)20)18-11-9-17(10-12-18)16-6-2-1-3-7-16/h1-15H,(H,25,26)/b14-13+. The molecule has 4 rings (SSSR count). The van der Waals surface area contributed by atoms with Crippen molar-refractivity contribution in [2.45, 2.75) is 0 Å². The van der Waals surface area contributed by atoms with Crippen molar-refractivity contribution in [1.82, 2.24) is 9.38 Å². The van der Waals surface area contributed by atoms with E-state index < -0.39 is 5.97 Å². The van der Waals surface area contributed by atoms with E-state index in [0.717, 1.165) is 39.8 Å². The first-order valence-electron chi connectivity index (χ1n) is 8.26. The highest BCUT2D eigenvalue weighted by Gasteiger charge is 2.12. The normalized spacial score (nSPS) is 11.2. The van der Waals surface area contributed by atoms with Crippen molar-refractivity contribution < 1.29 is 9.90 Å². The van der Waals surface area contributed by atoms with E-state index >= 15 is 0 Å². The molecule has 0 radical (unpaired) electrons. The van der Waals surface area contributed by atoms with Crippen LogP contribution in [0.4, 0.5) is 0 Å². The summed E-state index contributed by atoms with van der Waals surface area (Å²) in [5.41, 5.74) is 5.50. The lowest BCUT2D eigenvalue weighted by Gasteiger charge is -2.04. The van der Waals surface area contributed by atoms with Crippen LogP contribution in [-0.2, 0) is 4.79 Å². The number of nitrogens with zero attached hydrogens (tertiary/aromatic N) is 2. The largest absolute Gasteiger partial charge is 0.478 e. The predicted molar refractivity (Wildman–Crippen MR) is 103 cm³/mol. The summed E-state index contributed by atoms with van der Waals surface area (Å²) < 4.78 is 1.89. The lowest BCUT2D eigenvalue weighted by molar-refractivity contribution is -0.131. The number of hydrogen-bond acceptors (Lipinski definition) is 2. The van der Waals surface area contributed by atoms with E-state index in [4.69, 9.17) is 5.11 Å². The minimum Gasteiger partial charge on any atom is -0.478 e. The highest BCUT2D eigenvalue weighted by Crippen LogP contribution is 2.28. The smallest absolute Gasteiger partial charge is 0.328 e. The van der Waals surface area contributed by atoms with Gasteiger partial charge in [0.05, 0.1) is 11.4 Å². The number of carboxylic acids is 1. The number of fused-ring (bicyclic) bond motifs is 1. The van der Waals surface area contributed by atoms with Gasteiger partial charge in [-0.05, 0) is 29.3 Å². The number of benzene rings is 2. The van der Waals surface area contributed by atoms with Gasteiger partial charge >= 0.3 is 5.97 Å². The first-order valence-corrected chi connectivity index (χ1v) is 8.26. The van der Waals surface area contributed by atoms with E-state index in [-0.39, 0.29) is 0 Å². The first kappa shape index (κ1) is 15.8. The van der Waals surface area contributed by atoms with Crippen LogP contribution in [0.25, 0.3) is 34.1 Å². The van der Waals surface area contributed by atoms with Crippen LogP contribution in [0.3, 0.4) is 0 Å². The van der Waals surface area contributed by atoms with Crippen LogP contribution in [0.15, 0.2) is 85.1 Å². The number of imidazole rings is 1. The molecule has 1 N–H and O–H groups in total. The molecular formula is C22H16N2O2. The Kier molecular flexibility index (Phi) is 4.07. The fourth-order valence-electron chi connectivity index (χ4n) is 2.99. The Morgan fingerprint density at radius 1 is 0.846 bits per heavy atom. The summed E-state index contributed by atoms with van der Waals surface area (Å²) in [7, 11) is 0. The number of hydrogen-bond donors (Lipinski definition) is 1. The summed E-state index contributed by atoms with van der Waals surface area (Å²) >= 11 is 0. The van der Waals surface area contributed by atoms with Gasteiger partial charge in [-0.3, -0.25) is 4.40 Å². The molecule has 0 bridgehead atoms. The number of pyridine rings is 1. The van der Waals surface area contributed by atoms with Crippen LogP contribution in [0, 0.1) is 0 Å². The monoisotopic (exact) mass is 340 g/mol. The minimum absolute atomic E-state index is 0.746. The van der Waals surface area contributed by atoms with Gasteiger partial charge in [0.15, 0.2) is 0 Å². The molecule has 2 aromatic carbocycles. The predicted octanol–water partition coefficient (Wildman–Crippen LogP) is 4.77. The second kappa shape index (κ2) is 6.69. The Bertz CT molecular complexity index is 1090. The van der Waals surface area contributed by atoms with Crippen LogP contribution in [0.5, 0.6) is 0 Å². The zero-order valence-corrected chi connectivity index (χ0v) is 13.9. The van der Waals surface area contributed by atoms with E-state index in [9.17, 15) is 4.79 Å². The van der Waals surface area contributed by atoms with Crippen molar-refractivity contribution in [3.8, 4) is 22.4 Å². The first-order chi connectivity index (χ1) is 12.7. The van der Waals surface area contributed by atoms with Gasteiger partial charge in [0.25, 0.3) is 0 Å². The van der Waals surface area contributed by atoms with E-state index in [1.54, 1.807) is 6.08 Å². The molecule has 0 saturated heterocycles.